The van der Waals surface area contributed by atoms with Gasteiger partial charge in [0.05, 0.1) is 3.79 Å². The van der Waals surface area contributed by atoms with Crippen molar-refractivity contribution in [2.75, 3.05) is 13.6 Å². The van der Waals surface area contributed by atoms with Crippen molar-refractivity contribution in [2.45, 2.75) is 23.5 Å². The molecule has 1 aromatic carbocycles. The summed E-state index contributed by atoms with van der Waals surface area (Å²) in [5, 5.41) is 0. The Balaban J connectivity index is 1.83. The van der Waals surface area contributed by atoms with Gasteiger partial charge in [0.1, 0.15) is 4.21 Å². The van der Waals surface area contributed by atoms with Gasteiger partial charge in [-0.1, -0.05) is 30.3 Å². The van der Waals surface area contributed by atoms with E-state index in [1.54, 1.807) is 19.2 Å². The standard InChI is InChI=1S/C15H18BrNO2S2/c1-17(21(18,19)15-11-10-14(16)20-15)12-6-5-9-13-7-3-2-4-8-13/h2-4,7-8,10-11H,5-6,9,12H2,1H3. The Labute approximate surface area is 138 Å². The van der Waals surface area contributed by atoms with E-state index < -0.39 is 10.0 Å². The summed E-state index contributed by atoms with van der Waals surface area (Å²) in [5.41, 5.74) is 1.30. The summed E-state index contributed by atoms with van der Waals surface area (Å²) in [6, 6.07) is 13.7. The molecule has 0 aliphatic carbocycles. The second kappa shape index (κ2) is 7.54. The van der Waals surface area contributed by atoms with Crippen LogP contribution < -0.4 is 0 Å². The maximum absolute atomic E-state index is 12.3. The van der Waals surface area contributed by atoms with Gasteiger partial charge in [-0.25, -0.2) is 12.7 Å². The first-order valence-electron chi connectivity index (χ1n) is 6.76. The first kappa shape index (κ1) is 16.7. The van der Waals surface area contributed by atoms with Crippen molar-refractivity contribution in [3.05, 3.63) is 51.8 Å². The van der Waals surface area contributed by atoms with Crippen molar-refractivity contribution in [3.63, 3.8) is 0 Å². The van der Waals surface area contributed by atoms with Gasteiger partial charge in [-0.05, 0) is 52.9 Å². The van der Waals surface area contributed by atoms with Crippen LogP contribution in [0.1, 0.15) is 18.4 Å². The molecule has 0 saturated carbocycles. The molecule has 1 aromatic heterocycles. The summed E-state index contributed by atoms with van der Waals surface area (Å²) in [6.45, 7) is 0.546. The van der Waals surface area contributed by atoms with Crippen LogP contribution in [0.2, 0.25) is 0 Å². The zero-order valence-corrected chi connectivity index (χ0v) is 15.0. The highest BCUT2D eigenvalue weighted by atomic mass is 79.9. The van der Waals surface area contributed by atoms with Gasteiger partial charge in [-0.2, -0.15) is 0 Å². The molecule has 0 N–H and O–H groups in total. The fourth-order valence-corrected chi connectivity index (χ4v) is 5.45. The Kier molecular flexibility index (Phi) is 5.98. The smallest absolute Gasteiger partial charge is 0.206 e. The van der Waals surface area contributed by atoms with E-state index >= 15 is 0 Å². The SMILES string of the molecule is CN(CCCCc1ccccc1)S(=O)(=O)c1ccc(Br)s1. The van der Waals surface area contributed by atoms with E-state index in [0.717, 1.165) is 23.0 Å². The van der Waals surface area contributed by atoms with Gasteiger partial charge in [0, 0.05) is 13.6 Å². The Morgan fingerprint density at radius 2 is 1.81 bits per heavy atom. The molecule has 21 heavy (non-hydrogen) atoms. The quantitative estimate of drug-likeness (QED) is 0.668. The van der Waals surface area contributed by atoms with Crippen molar-refractivity contribution >= 4 is 37.3 Å². The number of hydrogen-bond acceptors (Lipinski definition) is 3. The average Bonchev–Trinajstić information content (AvgIpc) is 2.92. The highest BCUT2D eigenvalue weighted by Crippen LogP contribution is 2.28. The predicted molar refractivity (Wildman–Crippen MR) is 91.2 cm³/mol. The van der Waals surface area contributed by atoms with Gasteiger partial charge in [-0.15, -0.1) is 11.3 Å². The molecule has 114 valence electrons. The summed E-state index contributed by atoms with van der Waals surface area (Å²) in [6.07, 6.45) is 2.83. The van der Waals surface area contributed by atoms with Crippen LogP contribution >= 0.6 is 27.3 Å². The third-order valence-corrected chi connectivity index (χ3v) is 7.19. The van der Waals surface area contributed by atoms with Crippen molar-refractivity contribution in [1.82, 2.24) is 4.31 Å². The molecule has 0 amide bonds. The number of nitrogens with zero attached hydrogens (tertiary/aromatic N) is 1. The number of halogens is 1. The lowest BCUT2D eigenvalue weighted by atomic mass is 10.1. The van der Waals surface area contributed by atoms with Crippen LogP contribution in [0.25, 0.3) is 0 Å². The van der Waals surface area contributed by atoms with Crippen LogP contribution in [0.3, 0.4) is 0 Å². The van der Waals surface area contributed by atoms with Gasteiger partial charge in [0.2, 0.25) is 0 Å². The summed E-state index contributed by atoms with van der Waals surface area (Å²) in [7, 11) is -1.70. The molecule has 0 fully saturated rings. The lowest BCUT2D eigenvalue weighted by Crippen LogP contribution is -2.27. The zero-order valence-electron chi connectivity index (χ0n) is 11.8. The fraction of sp³-hybridized carbons (Fsp3) is 0.333. The summed E-state index contributed by atoms with van der Waals surface area (Å²) < 4.78 is 27.3. The maximum Gasteiger partial charge on any atom is 0.252 e. The molecular formula is C15H18BrNO2S2. The molecule has 2 rings (SSSR count). The second-order valence-electron chi connectivity index (χ2n) is 4.83. The summed E-state index contributed by atoms with van der Waals surface area (Å²) in [5.74, 6) is 0. The topological polar surface area (TPSA) is 37.4 Å². The number of thiophene rings is 1. The molecule has 0 aliphatic heterocycles. The fourth-order valence-electron chi connectivity index (χ4n) is 2.02. The van der Waals surface area contributed by atoms with Crippen molar-refractivity contribution in [3.8, 4) is 0 Å². The molecule has 0 aliphatic rings. The van der Waals surface area contributed by atoms with Crippen LogP contribution in [0.15, 0.2) is 50.5 Å². The van der Waals surface area contributed by atoms with E-state index in [4.69, 9.17) is 0 Å². The highest BCUT2D eigenvalue weighted by molar-refractivity contribution is 9.11. The Hall–Kier alpha value is -0.690. The van der Waals surface area contributed by atoms with Gasteiger partial charge < -0.3 is 0 Å². The summed E-state index contributed by atoms with van der Waals surface area (Å²) >= 11 is 4.55. The van der Waals surface area contributed by atoms with Gasteiger partial charge >= 0.3 is 0 Å². The maximum atomic E-state index is 12.3. The van der Waals surface area contributed by atoms with Crippen LogP contribution in [-0.2, 0) is 16.4 Å². The van der Waals surface area contributed by atoms with Crippen LogP contribution in [0.4, 0.5) is 0 Å². The molecule has 0 atom stereocenters. The zero-order chi connectivity index (χ0) is 15.3. The van der Waals surface area contributed by atoms with E-state index in [1.165, 1.54) is 21.2 Å². The Bertz CT molecular complexity index is 668. The van der Waals surface area contributed by atoms with Gasteiger partial charge in [-0.3, -0.25) is 0 Å². The summed E-state index contributed by atoms with van der Waals surface area (Å²) in [4.78, 5) is 0. The number of hydrogen-bond donors (Lipinski definition) is 0. The largest absolute Gasteiger partial charge is 0.252 e. The molecule has 0 unspecified atom stereocenters. The molecule has 0 bridgehead atoms. The van der Waals surface area contributed by atoms with E-state index in [0.29, 0.717) is 10.8 Å². The number of aryl methyl sites for hydroxylation is 1. The average molecular weight is 388 g/mol. The number of unbranched alkanes of at least 4 members (excludes halogenated alkanes) is 1. The minimum Gasteiger partial charge on any atom is -0.206 e. The van der Waals surface area contributed by atoms with Crippen molar-refractivity contribution in [2.24, 2.45) is 0 Å². The Morgan fingerprint density at radius 1 is 1.10 bits per heavy atom. The predicted octanol–water partition coefficient (Wildman–Crippen LogP) is 4.15. The lowest BCUT2D eigenvalue weighted by molar-refractivity contribution is 0.457. The van der Waals surface area contributed by atoms with E-state index in [-0.39, 0.29) is 0 Å². The monoisotopic (exact) mass is 387 g/mol. The highest BCUT2D eigenvalue weighted by Gasteiger charge is 2.21. The van der Waals surface area contributed by atoms with Gasteiger partial charge in [0.15, 0.2) is 0 Å². The van der Waals surface area contributed by atoms with E-state index in [2.05, 4.69) is 28.1 Å². The Morgan fingerprint density at radius 3 is 2.43 bits per heavy atom. The van der Waals surface area contributed by atoms with E-state index in [9.17, 15) is 8.42 Å². The van der Waals surface area contributed by atoms with Crippen LogP contribution in [-0.4, -0.2) is 26.3 Å². The number of sulfonamides is 1. The number of benzene rings is 1. The normalized spacial score (nSPS) is 12.0. The minimum absolute atomic E-state index is 0.389. The molecule has 2 aromatic rings. The molecule has 0 spiro atoms. The van der Waals surface area contributed by atoms with Crippen LogP contribution in [0, 0.1) is 0 Å². The first-order chi connectivity index (χ1) is 10.00. The van der Waals surface area contributed by atoms with Gasteiger partial charge in [0.25, 0.3) is 10.0 Å². The lowest BCUT2D eigenvalue weighted by Gasteiger charge is -2.15. The molecule has 0 saturated heterocycles. The molecule has 1 heterocycles. The molecule has 3 nitrogen and oxygen atoms in total. The molecule has 6 heteroatoms. The first-order valence-corrected chi connectivity index (χ1v) is 9.81. The molecular weight excluding hydrogens is 370 g/mol. The third kappa shape index (κ3) is 4.64. The third-order valence-electron chi connectivity index (χ3n) is 3.24. The van der Waals surface area contributed by atoms with Crippen LogP contribution in [0.5, 0.6) is 0 Å². The molecule has 0 radical (unpaired) electrons. The van der Waals surface area contributed by atoms with Crippen molar-refractivity contribution < 1.29 is 8.42 Å². The minimum atomic E-state index is -3.34. The number of rotatable bonds is 7. The van der Waals surface area contributed by atoms with E-state index in [1.807, 2.05) is 18.2 Å². The van der Waals surface area contributed by atoms with Crippen molar-refractivity contribution in [1.29, 1.82) is 0 Å². The second-order valence-corrected chi connectivity index (χ2v) is 9.56.